The minimum atomic E-state index is -0.432. The number of hydrogen-bond acceptors (Lipinski definition) is 2. The summed E-state index contributed by atoms with van der Waals surface area (Å²) >= 11 is 3.50. The summed E-state index contributed by atoms with van der Waals surface area (Å²) in [5, 5.41) is 15.0. The molecule has 1 heterocycles. The number of rotatable bonds is 2. The van der Waals surface area contributed by atoms with Crippen molar-refractivity contribution in [1.82, 2.24) is 9.78 Å². The second-order valence-corrected chi connectivity index (χ2v) is 6.81. The quantitative estimate of drug-likeness (QED) is 0.917. The third-order valence-corrected chi connectivity index (χ3v) is 5.58. The van der Waals surface area contributed by atoms with Gasteiger partial charge < -0.3 is 5.11 Å². The van der Waals surface area contributed by atoms with E-state index in [1.807, 2.05) is 7.05 Å². The molecule has 0 radical (unpaired) electrons. The zero-order valence-electron chi connectivity index (χ0n) is 11.3. The minimum Gasteiger partial charge on any atom is -0.386 e. The maximum absolute atomic E-state index is 10.8. The first-order valence-corrected chi connectivity index (χ1v) is 7.91. The number of aryl methyl sites for hydroxylation is 2. The van der Waals surface area contributed by atoms with Gasteiger partial charge in [0.1, 0.15) is 6.10 Å². The van der Waals surface area contributed by atoms with E-state index in [0.29, 0.717) is 17.8 Å². The molecule has 1 aromatic heterocycles. The number of benzene rings is 1. The van der Waals surface area contributed by atoms with Gasteiger partial charge in [-0.15, -0.1) is 0 Å². The molecular weight excluding hydrogens is 316 g/mol. The van der Waals surface area contributed by atoms with Crippen molar-refractivity contribution in [2.24, 2.45) is 18.9 Å². The van der Waals surface area contributed by atoms with E-state index >= 15 is 0 Å². The van der Waals surface area contributed by atoms with Crippen LogP contribution in [0.1, 0.15) is 35.3 Å². The second kappa shape index (κ2) is 4.43. The normalized spacial score (nSPS) is 28.6. The molecule has 0 spiro atoms. The van der Waals surface area contributed by atoms with Crippen molar-refractivity contribution in [2.45, 2.75) is 24.9 Å². The third kappa shape index (κ3) is 1.71. The van der Waals surface area contributed by atoms with E-state index in [0.717, 1.165) is 16.6 Å². The molecule has 20 heavy (non-hydrogen) atoms. The molecule has 4 unspecified atom stereocenters. The number of aromatic nitrogens is 2. The van der Waals surface area contributed by atoms with Crippen LogP contribution < -0.4 is 0 Å². The first-order chi connectivity index (χ1) is 9.68. The van der Waals surface area contributed by atoms with Gasteiger partial charge in [-0.3, -0.25) is 4.68 Å². The number of nitrogens with zero attached hydrogens (tertiary/aromatic N) is 2. The molecule has 3 nitrogen and oxygen atoms in total. The van der Waals surface area contributed by atoms with Gasteiger partial charge >= 0.3 is 0 Å². The summed E-state index contributed by atoms with van der Waals surface area (Å²) in [5.74, 6) is 1.49. The highest BCUT2D eigenvalue weighted by molar-refractivity contribution is 9.10. The van der Waals surface area contributed by atoms with Crippen molar-refractivity contribution >= 4 is 15.9 Å². The van der Waals surface area contributed by atoms with Crippen molar-refractivity contribution in [3.63, 3.8) is 0 Å². The molecular formula is C16H17BrN2O. The summed E-state index contributed by atoms with van der Waals surface area (Å²) < 4.78 is 2.69. The maximum Gasteiger partial charge on any atom is 0.100 e. The number of aliphatic hydroxyl groups excluding tert-OH is 1. The minimum absolute atomic E-state index is 0.338. The maximum atomic E-state index is 10.8. The summed E-state index contributed by atoms with van der Waals surface area (Å²) in [6.07, 6.45) is 3.67. The van der Waals surface area contributed by atoms with Crippen LogP contribution in [0, 0.1) is 11.8 Å². The zero-order valence-corrected chi connectivity index (χ0v) is 12.9. The van der Waals surface area contributed by atoms with Gasteiger partial charge in [-0.1, -0.05) is 24.3 Å². The Morgan fingerprint density at radius 1 is 1.40 bits per heavy atom. The average molecular weight is 333 g/mol. The zero-order chi connectivity index (χ0) is 13.9. The van der Waals surface area contributed by atoms with Gasteiger partial charge in [0, 0.05) is 13.0 Å². The number of halogens is 1. The standard InChI is InChI=1S/C16H17BrN2O/c1-19-15(12(17)8-18-19)16(20)14-11-7-6-9-4-2-3-5-10(9)13(11)14/h2-5,8,11,13-14,16,20H,6-7H2,1H3. The molecule has 2 aromatic rings. The average Bonchev–Trinajstić information content (AvgIpc) is 3.11. The van der Waals surface area contributed by atoms with Crippen molar-refractivity contribution < 1.29 is 5.11 Å². The first-order valence-electron chi connectivity index (χ1n) is 7.11. The van der Waals surface area contributed by atoms with E-state index < -0.39 is 6.10 Å². The molecule has 1 fully saturated rings. The SMILES string of the molecule is Cn1ncc(Br)c1C(O)C1C2CCc3ccccc3C21. The molecule has 4 rings (SSSR count). The van der Waals surface area contributed by atoms with Crippen LogP contribution >= 0.6 is 15.9 Å². The highest BCUT2D eigenvalue weighted by Crippen LogP contribution is 2.64. The summed E-state index contributed by atoms with van der Waals surface area (Å²) in [7, 11) is 1.89. The van der Waals surface area contributed by atoms with E-state index in [1.165, 1.54) is 17.5 Å². The second-order valence-electron chi connectivity index (χ2n) is 5.95. The Morgan fingerprint density at radius 2 is 2.20 bits per heavy atom. The summed E-state index contributed by atoms with van der Waals surface area (Å²) in [4.78, 5) is 0. The van der Waals surface area contributed by atoms with Gasteiger partial charge in [0.05, 0.1) is 16.4 Å². The van der Waals surface area contributed by atoms with E-state index in [4.69, 9.17) is 0 Å². The van der Waals surface area contributed by atoms with Crippen LogP contribution in [0.15, 0.2) is 34.9 Å². The van der Waals surface area contributed by atoms with E-state index in [2.05, 4.69) is 45.3 Å². The topological polar surface area (TPSA) is 38.0 Å². The Kier molecular flexibility index (Phi) is 2.79. The van der Waals surface area contributed by atoms with Gasteiger partial charge in [-0.05, 0) is 51.7 Å². The van der Waals surface area contributed by atoms with E-state index in [-0.39, 0.29) is 0 Å². The van der Waals surface area contributed by atoms with Crippen LogP contribution in [0.5, 0.6) is 0 Å². The van der Waals surface area contributed by atoms with Crippen LogP contribution in [0.2, 0.25) is 0 Å². The smallest absolute Gasteiger partial charge is 0.100 e. The molecule has 4 atom stereocenters. The number of hydrogen-bond donors (Lipinski definition) is 1. The molecule has 2 aliphatic rings. The number of aliphatic hydroxyl groups is 1. The largest absolute Gasteiger partial charge is 0.386 e. The fourth-order valence-electron chi connectivity index (χ4n) is 3.99. The molecule has 104 valence electrons. The fraction of sp³-hybridized carbons (Fsp3) is 0.438. The van der Waals surface area contributed by atoms with Crippen LogP contribution in [0.4, 0.5) is 0 Å². The van der Waals surface area contributed by atoms with Crippen LogP contribution in [0.3, 0.4) is 0 Å². The number of fused-ring (bicyclic) bond motifs is 3. The van der Waals surface area contributed by atoms with Crippen LogP contribution in [0.25, 0.3) is 0 Å². The molecule has 1 saturated carbocycles. The Hall–Kier alpha value is -1.13. The molecule has 0 aliphatic heterocycles. The lowest BCUT2D eigenvalue weighted by atomic mass is 9.92. The van der Waals surface area contributed by atoms with Gasteiger partial charge in [0.2, 0.25) is 0 Å². The molecule has 2 aliphatic carbocycles. The van der Waals surface area contributed by atoms with Crippen molar-refractivity contribution in [3.8, 4) is 0 Å². The molecule has 0 bridgehead atoms. The monoisotopic (exact) mass is 332 g/mol. The van der Waals surface area contributed by atoms with Crippen LogP contribution in [-0.4, -0.2) is 14.9 Å². The molecule has 1 N–H and O–H groups in total. The third-order valence-electron chi connectivity index (χ3n) is 4.97. The Balaban J connectivity index is 1.67. The van der Waals surface area contributed by atoms with Gasteiger partial charge in [-0.25, -0.2) is 0 Å². The van der Waals surface area contributed by atoms with Crippen molar-refractivity contribution in [2.75, 3.05) is 0 Å². The van der Waals surface area contributed by atoms with E-state index in [9.17, 15) is 5.11 Å². The highest BCUT2D eigenvalue weighted by atomic mass is 79.9. The van der Waals surface area contributed by atoms with Gasteiger partial charge in [0.15, 0.2) is 0 Å². The molecule has 0 amide bonds. The predicted molar refractivity (Wildman–Crippen MR) is 80.4 cm³/mol. The molecule has 0 saturated heterocycles. The molecule has 4 heteroatoms. The molecule has 1 aromatic carbocycles. The first kappa shape index (κ1) is 12.6. The van der Waals surface area contributed by atoms with Crippen molar-refractivity contribution in [1.29, 1.82) is 0 Å². The van der Waals surface area contributed by atoms with Crippen molar-refractivity contribution in [3.05, 3.63) is 51.8 Å². The Bertz CT molecular complexity index is 647. The fourth-order valence-corrected chi connectivity index (χ4v) is 4.57. The van der Waals surface area contributed by atoms with Crippen LogP contribution in [-0.2, 0) is 13.5 Å². The summed E-state index contributed by atoms with van der Waals surface area (Å²) in [6.45, 7) is 0. The van der Waals surface area contributed by atoms with Gasteiger partial charge in [-0.2, -0.15) is 5.10 Å². The Morgan fingerprint density at radius 3 is 2.95 bits per heavy atom. The lowest BCUT2D eigenvalue weighted by molar-refractivity contribution is 0.135. The summed E-state index contributed by atoms with van der Waals surface area (Å²) in [5.41, 5.74) is 3.82. The van der Waals surface area contributed by atoms with E-state index in [1.54, 1.807) is 10.9 Å². The lowest BCUT2D eigenvalue weighted by Crippen LogP contribution is -2.09. The lowest BCUT2D eigenvalue weighted by Gasteiger charge is -2.13. The summed E-state index contributed by atoms with van der Waals surface area (Å²) in [6, 6.07) is 8.69. The van der Waals surface area contributed by atoms with Gasteiger partial charge in [0.25, 0.3) is 0 Å². The Labute approximate surface area is 126 Å². The highest BCUT2D eigenvalue weighted by Gasteiger charge is 2.57. The predicted octanol–water partition coefficient (Wildman–Crippen LogP) is 3.19.